The molecule has 0 radical (unpaired) electrons. The number of hydrogen-bond donors (Lipinski definition) is 3. The van der Waals surface area contributed by atoms with Crippen LogP contribution in [0.15, 0.2) is 60.8 Å². The van der Waals surface area contributed by atoms with Gasteiger partial charge in [0.1, 0.15) is 6.04 Å². The van der Waals surface area contributed by atoms with Gasteiger partial charge in [-0.15, -0.1) is 11.3 Å². The minimum atomic E-state index is -0.617. The van der Waals surface area contributed by atoms with Crippen molar-refractivity contribution in [3.05, 3.63) is 87.2 Å². The minimum absolute atomic E-state index is 0.0819. The van der Waals surface area contributed by atoms with Crippen LogP contribution in [0.1, 0.15) is 49.4 Å². The van der Waals surface area contributed by atoms with Crippen molar-refractivity contribution < 1.29 is 14.4 Å². The van der Waals surface area contributed by atoms with Crippen LogP contribution in [-0.4, -0.2) is 52.0 Å². The molecule has 0 spiro atoms. The summed E-state index contributed by atoms with van der Waals surface area (Å²) in [5.41, 5.74) is 3.53. The lowest BCUT2D eigenvalue weighted by atomic mass is 10.1. The average Bonchev–Trinajstić information content (AvgIpc) is 3.58. The van der Waals surface area contributed by atoms with Gasteiger partial charge in [-0.1, -0.05) is 37.3 Å². The second-order valence-electron chi connectivity index (χ2n) is 9.17. The number of carbonyl (C=O) groups excluding carboxylic acids is 3. The van der Waals surface area contributed by atoms with Crippen LogP contribution >= 0.6 is 11.3 Å². The lowest BCUT2D eigenvalue weighted by Crippen LogP contribution is -2.49. The third kappa shape index (κ3) is 5.56. The monoisotopic (exact) mass is 515 g/mol. The number of nitrogens with zero attached hydrogens (tertiary/aromatic N) is 2. The Labute approximate surface area is 219 Å². The second-order valence-corrected chi connectivity index (χ2v) is 10.3. The van der Waals surface area contributed by atoms with Crippen molar-refractivity contribution in [1.82, 2.24) is 25.7 Å². The molecule has 8 nitrogen and oxygen atoms in total. The molecular weight excluding hydrogens is 486 g/mol. The standard InChI is InChI=1S/C28H29N5O3S/c1-2-22(31-26(34)19-8-9-23-20(14-19)16-30-32-23)28(36)33-13-11-24-21(17-33)15-25(37-24)27(35)29-12-10-18-6-4-3-5-7-18/h3-9,14-16,22H,2,10-13,17H2,1H3,(H,29,35)(H,30,32)(H,31,34)/t22-/m1/s1. The lowest BCUT2D eigenvalue weighted by molar-refractivity contribution is -0.134. The zero-order valence-corrected chi connectivity index (χ0v) is 21.4. The van der Waals surface area contributed by atoms with Crippen LogP contribution in [-0.2, 0) is 24.2 Å². The highest BCUT2D eigenvalue weighted by Gasteiger charge is 2.29. The first-order valence-electron chi connectivity index (χ1n) is 12.5. The molecule has 2 aromatic carbocycles. The second kappa shape index (κ2) is 11.0. The van der Waals surface area contributed by atoms with Crippen LogP contribution in [0.25, 0.3) is 10.9 Å². The molecule has 4 aromatic rings. The lowest BCUT2D eigenvalue weighted by Gasteiger charge is -2.30. The highest BCUT2D eigenvalue weighted by Crippen LogP contribution is 2.28. The maximum atomic E-state index is 13.3. The molecule has 37 heavy (non-hydrogen) atoms. The van der Waals surface area contributed by atoms with Crippen LogP contribution in [0, 0.1) is 0 Å². The van der Waals surface area contributed by atoms with Crippen molar-refractivity contribution >= 4 is 40.0 Å². The van der Waals surface area contributed by atoms with Crippen LogP contribution in [0.4, 0.5) is 0 Å². The number of amides is 3. The zero-order chi connectivity index (χ0) is 25.8. The zero-order valence-electron chi connectivity index (χ0n) is 20.6. The Bertz CT molecular complexity index is 1430. The Morgan fingerprint density at radius 3 is 2.76 bits per heavy atom. The van der Waals surface area contributed by atoms with Crippen molar-refractivity contribution in [3.8, 4) is 0 Å². The fourth-order valence-corrected chi connectivity index (χ4v) is 5.65. The molecule has 0 unspecified atom stereocenters. The Hall–Kier alpha value is -3.98. The summed E-state index contributed by atoms with van der Waals surface area (Å²) < 4.78 is 0. The first-order valence-corrected chi connectivity index (χ1v) is 13.3. The van der Waals surface area contributed by atoms with E-state index in [9.17, 15) is 14.4 Å². The number of nitrogens with one attached hydrogen (secondary N) is 3. The van der Waals surface area contributed by atoms with E-state index in [1.54, 1.807) is 29.3 Å². The van der Waals surface area contributed by atoms with Gasteiger partial charge in [-0.2, -0.15) is 5.10 Å². The Morgan fingerprint density at radius 1 is 1.11 bits per heavy atom. The van der Waals surface area contributed by atoms with Crippen molar-refractivity contribution in [2.75, 3.05) is 13.1 Å². The molecule has 1 aliphatic heterocycles. The van der Waals surface area contributed by atoms with Gasteiger partial charge in [0.25, 0.3) is 11.8 Å². The average molecular weight is 516 g/mol. The van der Waals surface area contributed by atoms with E-state index in [2.05, 4.69) is 20.8 Å². The summed E-state index contributed by atoms with van der Waals surface area (Å²) in [6.07, 6.45) is 3.63. The number of aromatic amines is 1. The highest BCUT2D eigenvalue weighted by atomic mass is 32.1. The van der Waals surface area contributed by atoms with Gasteiger partial charge in [-0.05, 0) is 54.7 Å². The van der Waals surface area contributed by atoms with E-state index < -0.39 is 6.04 Å². The Balaban J connectivity index is 1.18. The third-order valence-corrected chi connectivity index (χ3v) is 7.89. The highest BCUT2D eigenvalue weighted by molar-refractivity contribution is 7.14. The number of thiophene rings is 1. The van der Waals surface area contributed by atoms with E-state index in [0.29, 0.717) is 42.9 Å². The summed E-state index contributed by atoms with van der Waals surface area (Å²) in [4.78, 5) is 42.5. The molecule has 2 aromatic heterocycles. The SMILES string of the molecule is CC[C@@H](NC(=O)c1ccc2[nH]ncc2c1)C(=O)N1CCc2sc(C(=O)NCCc3ccccc3)cc2C1. The quantitative estimate of drug-likeness (QED) is 0.333. The summed E-state index contributed by atoms with van der Waals surface area (Å²) >= 11 is 1.50. The van der Waals surface area contributed by atoms with Crippen molar-refractivity contribution in [2.45, 2.75) is 38.8 Å². The molecule has 1 aliphatic rings. The van der Waals surface area contributed by atoms with E-state index in [0.717, 1.165) is 27.8 Å². The number of carbonyl (C=O) groups is 3. The fraction of sp³-hybridized carbons (Fsp3) is 0.286. The molecule has 3 amide bonds. The normalized spacial score (nSPS) is 13.7. The van der Waals surface area contributed by atoms with Crippen molar-refractivity contribution in [1.29, 1.82) is 0 Å². The van der Waals surface area contributed by atoms with Gasteiger partial charge in [0.05, 0.1) is 16.6 Å². The molecule has 0 saturated carbocycles. The molecule has 0 fully saturated rings. The van der Waals surface area contributed by atoms with E-state index in [1.807, 2.05) is 43.3 Å². The number of benzene rings is 2. The Kier molecular flexibility index (Phi) is 7.32. The topological polar surface area (TPSA) is 107 Å². The minimum Gasteiger partial charge on any atom is -0.351 e. The summed E-state index contributed by atoms with van der Waals surface area (Å²) in [5, 5.41) is 13.6. The van der Waals surface area contributed by atoms with E-state index in [4.69, 9.17) is 0 Å². The summed E-state index contributed by atoms with van der Waals surface area (Å²) in [6, 6.07) is 16.6. The van der Waals surface area contributed by atoms with Gasteiger partial charge < -0.3 is 15.5 Å². The van der Waals surface area contributed by atoms with E-state index in [-0.39, 0.29) is 17.7 Å². The number of aromatic nitrogens is 2. The molecule has 0 bridgehead atoms. The smallest absolute Gasteiger partial charge is 0.261 e. The number of fused-ring (bicyclic) bond motifs is 2. The summed E-state index contributed by atoms with van der Waals surface area (Å²) in [7, 11) is 0. The van der Waals surface area contributed by atoms with Crippen molar-refractivity contribution in [2.24, 2.45) is 0 Å². The van der Waals surface area contributed by atoms with Gasteiger partial charge in [-0.3, -0.25) is 19.5 Å². The molecule has 5 rings (SSSR count). The molecule has 9 heteroatoms. The molecule has 0 saturated heterocycles. The van der Waals surface area contributed by atoms with Gasteiger partial charge in [0.15, 0.2) is 0 Å². The predicted molar refractivity (Wildman–Crippen MR) is 144 cm³/mol. The van der Waals surface area contributed by atoms with Gasteiger partial charge in [0.2, 0.25) is 5.91 Å². The van der Waals surface area contributed by atoms with E-state index >= 15 is 0 Å². The molecule has 0 aliphatic carbocycles. The molecule has 3 N–H and O–H groups in total. The van der Waals surface area contributed by atoms with Crippen LogP contribution in [0.5, 0.6) is 0 Å². The third-order valence-electron chi connectivity index (χ3n) is 6.66. The summed E-state index contributed by atoms with van der Waals surface area (Å²) in [5.74, 6) is -0.474. The molecule has 190 valence electrons. The predicted octanol–water partition coefficient (Wildman–Crippen LogP) is 3.69. The number of H-pyrrole nitrogens is 1. The number of hydrogen-bond acceptors (Lipinski definition) is 5. The number of rotatable bonds is 8. The van der Waals surface area contributed by atoms with Crippen LogP contribution in [0.2, 0.25) is 0 Å². The maximum absolute atomic E-state index is 13.3. The fourth-order valence-electron chi connectivity index (χ4n) is 4.57. The van der Waals surface area contributed by atoms with Gasteiger partial charge in [-0.25, -0.2) is 0 Å². The first-order chi connectivity index (χ1) is 18.0. The summed E-state index contributed by atoms with van der Waals surface area (Å²) in [6.45, 7) is 3.46. The van der Waals surface area contributed by atoms with Crippen LogP contribution < -0.4 is 10.6 Å². The Morgan fingerprint density at radius 2 is 1.95 bits per heavy atom. The van der Waals surface area contributed by atoms with Crippen LogP contribution in [0.3, 0.4) is 0 Å². The van der Waals surface area contributed by atoms with E-state index in [1.165, 1.54) is 16.9 Å². The molecule has 3 heterocycles. The molecule has 1 atom stereocenters. The molecular formula is C28H29N5O3S. The largest absolute Gasteiger partial charge is 0.351 e. The van der Waals surface area contributed by atoms with Gasteiger partial charge in [0, 0.05) is 35.5 Å². The maximum Gasteiger partial charge on any atom is 0.261 e. The van der Waals surface area contributed by atoms with Gasteiger partial charge >= 0.3 is 0 Å². The van der Waals surface area contributed by atoms with Crippen molar-refractivity contribution in [3.63, 3.8) is 0 Å². The first kappa shape index (κ1) is 24.7.